The number of halogens is 1. The molecule has 7 heteroatoms. The van der Waals surface area contributed by atoms with Crippen LogP contribution in [0.2, 0.25) is 5.15 Å². The molecule has 0 bridgehead atoms. The lowest BCUT2D eigenvalue weighted by atomic mass is 10.3. The third-order valence-electron chi connectivity index (χ3n) is 2.84. The number of nitrogens with two attached hydrogens (primary N) is 1. The normalized spacial score (nSPS) is 11.7. The quantitative estimate of drug-likeness (QED) is 0.879. The molecule has 0 fully saturated rings. The summed E-state index contributed by atoms with van der Waals surface area (Å²) >= 11 is 6.05. The van der Waals surface area contributed by atoms with Crippen LogP contribution < -0.4 is 5.73 Å². The van der Waals surface area contributed by atoms with Gasteiger partial charge in [0.15, 0.2) is 9.84 Å². The van der Waals surface area contributed by atoms with Gasteiger partial charge >= 0.3 is 0 Å². The van der Waals surface area contributed by atoms with Crippen molar-refractivity contribution in [2.45, 2.75) is 17.6 Å². The van der Waals surface area contributed by atoms with Gasteiger partial charge in [0.05, 0.1) is 16.3 Å². The van der Waals surface area contributed by atoms with Crippen molar-refractivity contribution in [1.29, 1.82) is 0 Å². The van der Waals surface area contributed by atoms with E-state index in [0.717, 1.165) is 0 Å². The van der Waals surface area contributed by atoms with Gasteiger partial charge < -0.3 is 5.73 Å². The molecule has 102 valence electrons. The Kier molecular flexibility index (Phi) is 3.56. The topological polar surface area (TPSA) is 78.0 Å². The van der Waals surface area contributed by atoms with Crippen LogP contribution >= 0.6 is 11.6 Å². The van der Waals surface area contributed by atoms with Crippen LogP contribution in [0, 0.1) is 6.92 Å². The molecule has 0 aliphatic carbocycles. The van der Waals surface area contributed by atoms with Crippen molar-refractivity contribution in [3.8, 4) is 0 Å². The molecule has 0 unspecified atom stereocenters. The molecule has 0 spiro atoms. The van der Waals surface area contributed by atoms with Crippen molar-refractivity contribution in [2.24, 2.45) is 7.05 Å². The fraction of sp³-hybridized carbons (Fsp3) is 0.250. The maximum atomic E-state index is 12.3. The van der Waals surface area contributed by atoms with E-state index in [4.69, 9.17) is 17.3 Å². The Morgan fingerprint density at radius 1 is 1.32 bits per heavy atom. The Balaban J connectivity index is 2.39. The number of anilines is 1. The van der Waals surface area contributed by atoms with Crippen molar-refractivity contribution in [3.05, 3.63) is 40.7 Å². The van der Waals surface area contributed by atoms with Crippen molar-refractivity contribution in [1.82, 2.24) is 9.78 Å². The molecule has 0 aliphatic heterocycles. The number of hydrogen-bond acceptors (Lipinski definition) is 4. The molecule has 1 aromatic heterocycles. The molecule has 1 aromatic carbocycles. The second kappa shape index (κ2) is 4.86. The highest BCUT2D eigenvalue weighted by Crippen LogP contribution is 2.24. The van der Waals surface area contributed by atoms with E-state index in [9.17, 15) is 8.42 Å². The molecule has 2 N–H and O–H groups in total. The van der Waals surface area contributed by atoms with Gasteiger partial charge in [-0.2, -0.15) is 5.10 Å². The molecular formula is C12H14ClN3O2S. The van der Waals surface area contributed by atoms with Gasteiger partial charge in [-0.05, 0) is 31.2 Å². The molecule has 19 heavy (non-hydrogen) atoms. The third-order valence-corrected chi connectivity index (χ3v) is 4.98. The van der Waals surface area contributed by atoms with E-state index in [2.05, 4.69) is 5.10 Å². The van der Waals surface area contributed by atoms with Gasteiger partial charge in [0.25, 0.3) is 0 Å². The first-order valence-electron chi connectivity index (χ1n) is 5.57. The summed E-state index contributed by atoms with van der Waals surface area (Å²) in [5, 5.41) is 4.45. The van der Waals surface area contributed by atoms with Crippen LogP contribution in [0.25, 0.3) is 0 Å². The zero-order chi connectivity index (χ0) is 14.2. The van der Waals surface area contributed by atoms with Crippen molar-refractivity contribution < 1.29 is 8.42 Å². The molecule has 0 atom stereocenters. The van der Waals surface area contributed by atoms with E-state index in [0.29, 0.717) is 22.1 Å². The number of sulfone groups is 1. The summed E-state index contributed by atoms with van der Waals surface area (Å²) in [7, 11) is -1.78. The number of benzene rings is 1. The van der Waals surface area contributed by atoms with Crippen LogP contribution in [0.3, 0.4) is 0 Å². The molecular weight excluding hydrogens is 286 g/mol. The van der Waals surface area contributed by atoms with Crippen molar-refractivity contribution in [2.75, 3.05) is 5.73 Å². The van der Waals surface area contributed by atoms with Crippen LogP contribution in [0.1, 0.15) is 11.3 Å². The largest absolute Gasteiger partial charge is 0.399 e. The van der Waals surface area contributed by atoms with Gasteiger partial charge in [0.1, 0.15) is 5.15 Å². The van der Waals surface area contributed by atoms with Crippen molar-refractivity contribution >= 4 is 27.1 Å². The Hall–Kier alpha value is -1.53. The molecule has 0 saturated heterocycles. The first-order valence-corrected chi connectivity index (χ1v) is 7.60. The van der Waals surface area contributed by atoms with Gasteiger partial charge in [-0.15, -0.1) is 0 Å². The predicted octanol–water partition coefficient (Wildman–Crippen LogP) is 1.94. The monoisotopic (exact) mass is 299 g/mol. The van der Waals surface area contributed by atoms with Gasteiger partial charge in [-0.1, -0.05) is 11.6 Å². The number of aromatic nitrogens is 2. The lowest BCUT2D eigenvalue weighted by molar-refractivity contribution is 0.595. The zero-order valence-electron chi connectivity index (χ0n) is 10.6. The Bertz CT molecular complexity index is 705. The van der Waals surface area contributed by atoms with Crippen LogP contribution in [0.5, 0.6) is 0 Å². The van der Waals surface area contributed by atoms with E-state index in [1.807, 2.05) is 0 Å². The summed E-state index contributed by atoms with van der Waals surface area (Å²) in [5.41, 5.74) is 7.21. The summed E-state index contributed by atoms with van der Waals surface area (Å²) < 4.78 is 26.0. The number of nitrogen functional groups attached to an aromatic ring is 1. The SMILES string of the molecule is Cc1nn(C)c(Cl)c1CS(=O)(=O)c1ccc(N)cc1. The maximum absolute atomic E-state index is 12.3. The average Bonchev–Trinajstić information content (AvgIpc) is 2.56. The van der Waals surface area contributed by atoms with E-state index in [1.54, 1.807) is 26.1 Å². The van der Waals surface area contributed by atoms with E-state index < -0.39 is 9.84 Å². The van der Waals surface area contributed by atoms with E-state index in [-0.39, 0.29) is 10.6 Å². The van der Waals surface area contributed by atoms with Crippen LogP contribution in [-0.4, -0.2) is 18.2 Å². The fourth-order valence-electron chi connectivity index (χ4n) is 1.79. The van der Waals surface area contributed by atoms with Crippen LogP contribution in [-0.2, 0) is 22.6 Å². The predicted molar refractivity (Wildman–Crippen MR) is 74.7 cm³/mol. The zero-order valence-corrected chi connectivity index (χ0v) is 12.2. The number of rotatable bonds is 3. The number of aryl methyl sites for hydroxylation is 2. The van der Waals surface area contributed by atoms with E-state index in [1.165, 1.54) is 16.8 Å². The summed E-state index contributed by atoms with van der Waals surface area (Å²) in [4.78, 5) is 0.223. The smallest absolute Gasteiger partial charge is 0.182 e. The Labute approximate surface area is 116 Å². The molecule has 5 nitrogen and oxygen atoms in total. The fourth-order valence-corrected chi connectivity index (χ4v) is 3.55. The minimum atomic E-state index is -3.46. The summed E-state index contributed by atoms with van der Waals surface area (Å²) in [6, 6.07) is 6.10. The minimum absolute atomic E-state index is 0.171. The average molecular weight is 300 g/mol. The standard InChI is InChI=1S/C12H14ClN3O2S/c1-8-11(12(13)16(2)15-8)7-19(17,18)10-5-3-9(14)4-6-10/h3-6H,7,14H2,1-2H3. The Morgan fingerprint density at radius 2 is 1.89 bits per heavy atom. The van der Waals surface area contributed by atoms with Crippen LogP contribution in [0.4, 0.5) is 5.69 Å². The summed E-state index contributed by atoms with van der Waals surface area (Å²) in [5.74, 6) is -0.171. The minimum Gasteiger partial charge on any atom is -0.399 e. The van der Waals surface area contributed by atoms with E-state index >= 15 is 0 Å². The van der Waals surface area contributed by atoms with Crippen molar-refractivity contribution in [3.63, 3.8) is 0 Å². The van der Waals surface area contributed by atoms with Crippen LogP contribution in [0.15, 0.2) is 29.2 Å². The molecule has 2 aromatic rings. The molecule has 0 amide bonds. The first-order chi connectivity index (χ1) is 8.81. The highest BCUT2D eigenvalue weighted by molar-refractivity contribution is 7.90. The van der Waals surface area contributed by atoms with Gasteiger partial charge in [0, 0.05) is 18.3 Å². The van der Waals surface area contributed by atoms with Gasteiger partial charge in [-0.3, -0.25) is 4.68 Å². The molecule has 0 radical (unpaired) electrons. The second-order valence-electron chi connectivity index (χ2n) is 4.31. The molecule has 2 rings (SSSR count). The lowest BCUT2D eigenvalue weighted by Gasteiger charge is -2.05. The summed E-state index contributed by atoms with van der Waals surface area (Å²) in [6.07, 6.45) is 0. The van der Waals surface area contributed by atoms with Gasteiger partial charge in [0.2, 0.25) is 0 Å². The Morgan fingerprint density at radius 3 is 2.37 bits per heavy atom. The highest BCUT2D eigenvalue weighted by atomic mass is 35.5. The third kappa shape index (κ3) is 2.74. The highest BCUT2D eigenvalue weighted by Gasteiger charge is 2.21. The summed E-state index contributed by atoms with van der Waals surface area (Å²) in [6.45, 7) is 1.74. The maximum Gasteiger partial charge on any atom is 0.182 e. The number of hydrogen-bond donors (Lipinski definition) is 1. The second-order valence-corrected chi connectivity index (χ2v) is 6.65. The first kappa shape index (κ1) is 13.9. The molecule has 0 saturated carbocycles. The van der Waals surface area contributed by atoms with Gasteiger partial charge in [-0.25, -0.2) is 8.42 Å². The lowest BCUT2D eigenvalue weighted by Crippen LogP contribution is -2.06. The molecule has 1 heterocycles. The molecule has 0 aliphatic rings. The number of nitrogens with zero attached hydrogens (tertiary/aromatic N) is 2.